The highest BCUT2D eigenvalue weighted by Gasteiger charge is 2.38. The molecule has 1 aromatic rings. The zero-order valence-corrected chi connectivity index (χ0v) is 13.4. The predicted octanol–water partition coefficient (Wildman–Crippen LogP) is 3.22. The monoisotopic (exact) mass is 302 g/mol. The highest BCUT2D eigenvalue weighted by molar-refractivity contribution is 6.07. The van der Waals surface area contributed by atoms with E-state index in [-0.39, 0.29) is 11.8 Å². The Morgan fingerprint density at radius 1 is 1.27 bits per heavy atom. The predicted molar refractivity (Wildman–Crippen MR) is 86.4 cm³/mol. The fourth-order valence-electron chi connectivity index (χ4n) is 3.55. The van der Waals surface area contributed by atoms with Crippen molar-refractivity contribution in [1.82, 2.24) is 14.6 Å². The van der Waals surface area contributed by atoms with Crippen LogP contribution < -0.4 is 0 Å². The maximum absolute atomic E-state index is 12.8. The van der Waals surface area contributed by atoms with Crippen LogP contribution in [-0.4, -0.2) is 32.2 Å². The molecule has 0 saturated heterocycles. The Labute approximate surface area is 132 Å². The number of nitrogens with zero attached hydrogens (tertiary/aromatic N) is 4. The maximum atomic E-state index is 12.8. The van der Waals surface area contributed by atoms with Gasteiger partial charge in [-0.3, -0.25) is 4.79 Å². The van der Waals surface area contributed by atoms with Gasteiger partial charge >= 0.3 is 0 Å². The molecule has 5 nitrogen and oxygen atoms in total. The van der Waals surface area contributed by atoms with Gasteiger partial charge in [-0.15, -0.1) is 0 Å². The molecular formula is C17H26N4O. The van der Waals surface area contributed by atoms with Crippen LogP contribution in [0.5, 0.6) is 0 Å². The largest absolute Gasteiger partial charge is 0.332 e. The Hall–Kier alpha value is -1.65. The van der Waals surface area contributed by atoms with Crippen molar-refractivity contribution >= 4 is 11.6 Å². The fourth-order valence-corrected chi connectivity index (χ4v) is 3.55. The standard InChI is InChI=1S/C17H26N4O/c1-2-3-9-15-16(12-20-11-10-18-13-20)19-21(17(15)22)14-7-5-4-6-8-14/h10-11,13-15H,2-9,12H2,1H3. The molecule has 1 atom stereocenters. The van der Waals surface area contributed by atoms with Crippen LogP contribution in [0.1, 0.15) is 58.3 Å². The van der Waals surface area contributed by atoms with Crippen LogP contribution in [0.2, 0.25) is 0 Å². The molecule has 5 heteroatoms. The van der Waals surface area contributed by atoms with Crippen LogP contribution >= 0.6 is 0 Å². The molecule has 1 unspecified atom stereocenters. The van der Waals surface area contributed by atoms with E-state index in [9.17, 15) is 4.79 Å². The average molecular weight is 302 g/mol. The number of amides is 1. The summed E-state index contributed by atoms with van der Waals surface area (Å²) in [5.41, 5.74) is 1.02. The number of rotatable bonds is 6. The quantitative estimate of drug-likeness (QED) is 0.810. The van der Waals surface area contributed by atoms with Gasteiger partial charge in [-0.05, 0) is 19.3 Å². The zero-order valence-electron chi connectivity index (χ0n) is 13.4. The van der Waals surface area contributed by atoms with E-state index in [2.05, 4.69) is 11.9 Å². The molecule has 1 saturated carbocycles. The second kappa shape index (κ2) is 7.07. The molecule has 0 aromatic carbocycles. The van der Waals surface area contributed by atoms with Crippen molar-refractivity contribution in [3.8, 4) is 0 Å². The summed E-state index contributed by atoms with van der Waals surface area (Å²) in [4.78, 5) is 16.9. The van der Waals surface area contributed by atoms with Gasteiger partial charge in [0.25, 0.3) is 5.91 Å². The van der Waals surface area contributed by atoms with Crippen molar-refractivity contribution in [2.24, 2.45) is 11.0 Å². The highest BCUT2D eigenvalue weighted by atomic mass is 16.2. The molecule has 0 radical (unpaired) electrons. The molecule has 1 aliphatic heterocycles. The smallest absolute Gasteiger partial charge is 0.251 e. The van der Waals surface area contributed by atoms with Gasteiger partial charge in [-0.25, -0.2) is 9.99 Å². The van der Waals surface area contributed by atoms with E-state index < -0.39 is 0 Å². The van der Waals surface area contributed by atoms with Gasteiger partial charge in [0.15, 0.2) is 0 Å². The summed E-state index contributed by atoms with van der Waals surface area (Å²) in [6.45, 7) is 2.86. The average Bonchev–Trinajstić information content (AvgIpc) is 3.16. The summed E-state index contributed by atoms with van der Waals surface area (Å²) in [6.07, 6.45) is 14.6. The Kier molecular flexibility index (Phi) is 4.90. The third-order valence-corrected chi connectivity index (χ3v) is 4.83. The van der Waals surface area contributed by atoms with Crippen molar-refractivity contribution in [3.05, 3.63) is 18.7 Å². The first kappa shape index (κ1) is 15.3. The molecule has 1 fully saturated rings. The van der Waals surface area contributed by atoms with Gasteiger partial charge in [0, 0.05) is 12.4 Å². The number of aromatic nitrogens is 2. The summed E-state index contributed by atoms with van der Waals surface area (Å²) < 4.78 is 2.01. The lowest BCUT2D eigenvalue weighted by atomic mass is 9.93. The van der Waals surface area contributed by atoms with E-state index in [1.807, 2.05) is 15.8 Å². The number of carbonyl (C=O) groups excluding carboxylic acids is 1. The number of unbranched alkanes of at least 4 members (excludes halogenated alkanes) is 1. The van der Waals surface area contributed by atoms with Crippen molar-refractivity contribution in [2.45, 2.75) is 70.9 Å². The molecule has 2 heterocycles. The van der Waals surface area contributed by atoms with E-state index in [1.54, 1.807) is 12.5 Å². The van der Waals surface area contributed by atoms with Crippen LogP contribution in [0.4, 0.5) is 0 Å². The lowest BCUT2D eigenvalue weighted by Crippen LogP contribution is -2.37. The van der Waals surface area contributed by atoms with E-state index >= 15 is 0 Å². The first-order valence-corrected chi connectivity index (χ1v) is 8.65. The molecule has 22 heavy (non-hydrogen) atoms. The Morgan fingerprint density at radius 2 is 2.09 bits per heavy atom. The summed E-state index contributed by atoms with van der Waals surface area (Å²) in [7, 11) is 0. The van der Waals surface area contributed by atoms with Gasteiger partial charge in [0.05, 0.1) is 30.5 Å². The second-order valence-corrected chi connectivity index (χ2v) is 6.50. The van der Waals surface area contributed by atoms with Crippen LogP contribution in [0.25, 0.3) is 0 Å². The SMILES string of the molecule is CCCCC1C(=O)N(C2CCCCC2)N=C1Cn1ccnc1. The molecule has 0 bridgehead atoms. The number of hydrazone groups is 1. The van der Waals surface area contributed by atoms with Gasteiger partial charge in [-0.1, -0.05) is 39.0 Å². The topological polar surface area (TPSA) is 50.5 Å². The van der Waals surface area contributed by atoms with Crippen molar-refractivity contribution < 1.29 is 4.79 Å². The Bertz CT molecular complexity index is 517. The Morgan fingerprint density at radius 3 is 2.77 bits per heavy atom. The first-order valence-electron chi connectivity index (χ1n) is 8.65. The molecule has 0 N–H and O–H groups in total. The molecule has 2 aliphatic rings. The molecule has 120 valence electrons. The van der Waals surface area contributed by atoms with Crippen molar-refractivity contribution in [1.29, 1.82) is 0 Å². The van der Waals surface area contributed by atoms with Crippen LogP contribution in [0.3, 0.4) is 0 Å². The van der Waals surface area contributed by atoms with Crippen LogP contribution in [0, 0.1) is 5.92 Å². The van der Waals surface area contributed by atoms with E-state index in [0.29, 0.717) is 12.6 Å². The third-order valence-electron chi connectivity index (χ3n) is 4.83. The lowest BCUT2D eigenvalue weighted by molar-refractivity contribution is -0.134. The normalized spacial score (nSPS) is 23.1. The number of hydrogen-bond acceptors (Lipinski definition) is 3. The van der Waals surface area contributed by atoms with Crippen molar-refractivity contribution in [2.75, 3.05) is 0 Å². The van der Waals surface area contributed by atoms with Gasteiger partial charge in [-0.2, -0.15) is 5.10 Å². The summed E-state index contributed by atoms with van der Waals surface area (Å²) >= 11 is 0. The highest BCUT2D eigenvalue weighted by Crippen LogP contribution is 2.30. The molecule has 1 aromatic heterocycles. The summed E-state index contributed by atoms with van der Waals surface area (Å²) in [6, 6.07) is 0.325. The summed E-state index contributed by atoms with van der Waals surface area (Å²) in [5, 5.41) is 6.58. The number of hydrogen-bond donors (Lipinski definition) is 0. The molecular weight excluding hydrogens is 276 g/mol. The first-order chi connectivity index (χ1) is 10.8. The summed E-state index contributed by atoms with van der Waals surface area (Å²) in [5.74, 6) is 0.208. The minimum Gasteiger partial charge on any atom is -0.332 e. The second-order valence-electron chi connectivity index (χ2n) is 6.50. The molecule has 1 amide bonds. The molecule has 0 spiro atoms. The number of imidazole rings is 1. The Balaban J connectivity index is 1.76. The van der Waals surface area contributed by atoms with Crippen LogP contribution in [-0.2, 0) is 11.3 Å². The van der Waals surface area contributed by atoms with Gasteiger partial charge in [0.1, 0.15) is 0 Å². The van der Waals surface area contributed by atoms with Gasteiger partial charge < -0.3 is 4.57 Å². The van der Waals surface area contributed by atoms with E-state index in [1.165, 1.54) is 19.3 Å². The third kappa shape index (κ3) is 3.23. The van der Waals surface area contributed by atoms with Gasteiger partial charge in [0.2, 0.25) is 0 Å². The van der Waals surface area contributed by atoms with E-state index in [4.69, 9.17) is 5.10 Å². The van der Waals surface area contributed by atoms with E-state index in [0.717, 1.165) is 37.8 Å². The van der Waals surface area contributed by atoms with Crippen molar-refractivity contribution in [3.63, 3.8) is 0 Å². The lowest BCUT2D eigenvalue weighted by Gasteiger charge is -2.28. The maximum Gasteiger partial charge on any atom is 0.251 e. The molecule has 1 aliphatic carbocycles. The minimum atomic E-state index is -0.0238. The number of carbonyl (C=O) groups is 1. The fraction of sp³-hybridized carbons (Fsp3) is 0.706. The molecule has 3 rings (SSSR count). The van der Waals surface area contributed by atoms with Crippen LogP contribution in [0.15, 0.2) is 23.8 Å². The zero-order chi connectivity index (χ0) is 15.4. The minimum absolute atomic E-state index is 0.0238.